The SMILES string of the molecule is CCC(C)(C)NC(=O)[C@H](c1ccccc1)N(CCOC)C(=O)Cn1nnc2ccccc21. The predicted octanol–water partition coefficient (Wildman–Crippen LogP) is 2.95. The lowest BCUT2D eigenvalue weighted by Gasteiger charge is -2.34. The highest BCUT2D eigenvalue weighted by molar-refractivity contribution is 5.89. The zero-order valence-electron chi connectivity index (χ0n) is 19.1. The first-order valence-electron chi connectivity index (χ1n) is 10.8. The van der Waals surface area contributed by atoms with E-state index in [4.69, 9.17) is 4.74 Å². The third-order valence-electron chi connectivity index (χ3n) is 5.58. The van der Waals surface area contributed by atoms with E-state index < -0.39 is 11.6 Å². The van der Waals surface area contributed by atoms with Gasteiger partial charge in [0.15, 0.2) is 0 Å². The van der Waals surface area contributed by atoms with Crippen LogP contribution in [-0.4, -0.2) is 57.5 Å². The number of methoxy groups -OCH3 is 1. The van der Waals surface area contributed by atoms with E-state index in [1.54, 1.807) is 16.7 Å². The highest BCUT2D eigenvalue weighted by Crippen LogP contribution is 2.24. The number of hydrogen-bond donors (Lipinski definition) is 1. The Hall–Kier alpha value is -3.26. The Morgan fingerprint density at radius 2 is 1.81 bits per heavy atom. The number of benzene rings is 2. The first-order valence-corrected chi connectivity index (χ1v) is 10.8. The second kappa shape index (κ2) is 10.4. The van der Waals surface area contributed by atoms with E-state index in [0.717, 1.165) is 17.5 Å². The molecular formula is C24H31N5O3. The Kier molecular flexibility index (Phi) is 7.58. The van der Waals surface area contributed by atoms with Crippen LogP contribution in [0.4, 0.5) is 0 Å². The van der Waals surface area contributed by atoms with Gasteiger partial charge in [-0.15, -0.1) is 5.10 Å². The molecular weight excluding hydrogens is 406 g/mol. The average molecular weight is 438 g/mol. The standard InChI is InChI=1S/C24H31N5O3/c1-5-24(2,3)25-23(31)22(18-11-7-6-8-12-18)28(15-16-32-4)21(30)17-29-20-14-10-9-13-19(20)26-27-29/h6-14,22H,5,15-17H2,1-4H3,(H,25,31)/t22-/m0/s1. The van der Waals surface area contributed by atoms with Crippen molar-refractivity contribution in [1.29, 1.82) is 0 Å². The van der Waals surface area contributed by atoms with Crippen LogP contribution in [0, 0.1) is 0 Å². The number of nitrogens with zero attached hydrogens (tertiary/aromatic N) is 4. The maximum absolute atomic E-state index is 13.5. The van der Waals surface area contributed by atoms with Crippen LogP contribution in [0.5, 0.6) is 0 Å². The van der Waals surface area contributed by atoms with Crippen LogP contribution >= 0.6 is 0 Å². The summed E-state index contributed by atoms with van der Waals surface area (Å²) in [6, 6.07) is 16.0. The van der Waals surface area contributed by atoms with Gasteiger partial charge in [0, 0.05) is 19.2 Å². The quantitative estimate of drug-likeness (QED) is 0.527. The molecule has 32 heavy (non-hydrogen) atoms. The minimum Gasteiger partial charge on any atom is -0.383 e. The molecule has 0 bridgehead atoms. The van der Waals surface area contributed by atoms with Crippen LogP contribution in [0.2, 0.25) is 0 Å². The van der Waals surface area contributed by atoms with Crippen molar-refractivity contribution in [2.75, 3.05) is 20.3 Å². The van der Waals surface area contributed by atoms with Gasteiger partial charge >= 0.3 is 0 Å². The van der Waals surface area contributed by atoms with Crippen molar-refractivity contribution >= 4 is 22.8 Å². The molecule has 0 saturated carbocycles. The highest BCUT2D eigenvalue weighted by Gasteiger charge is 2.33. The summed E-state index contributed by atoms with van der Waals surface area (Å²) in [5.41, 5.74) is 1.82. The third kappa shape index (κ3) is 5.50. The van der Waals surface area contributed by atoms with Crippen LogP contribution in [-0.2, 0) is 20.9 Å². The molecule has 0 saturated heterocycles. The van der Waals surface area contributed by atoms with E-state index in [1.807, 2.05) is 75.4 Å². The zero-order valence-corrected chi connectivity index (χ0v) is 19.1. The summed E-state index contributed by atoms with van der Waals surface area (Å²) in [7, 11) is 1.57. The molecule has 8 nitrogen and oxygen atoms in total. The van der Waals surface area contributed by atoms with Crippen molar-refractivity contribution in [3.63, 3.8) is 0 Å². The number of rotatable bonds is 10. The lowest BCUT2D eigenvalue weighted by molar-refractivity contribution is -0.142. The van der Waals surface area contributed by atoms with E-state index in [2.05, 4.69) is 15.6 Å². The van der Waals surface area contributed by atoms with Crippen LogP contribution in [0.1, 0.15) is 38.8 Å². The van der Waals surface area contributed by atoms with Crippen LogP contribution in [0.15, 0.2) is 54.6 Å². The third-order valence-corrected chi connectivity index (χ3v) is 5.58. The Morgan fingerprint density at radius 1 is 1.12 bits per heavy atom. The largest absolute Gasteiger partial charge is 0.383 e. The second-order valence-electron chi connectivity index (χ2n) is 8.36. The first kappa shape index (κ1) is 23.4. The molecule has 3 rings (SSSR count). The molecule has 1 atom stereocenters. The molecule has 0 aliphatic carbocycles. The maximum atomic E-state index is 13.5. The number of carbonyl (C=O) groups is 2. The molecule has 0 spiro atoms. The summed E-state index contributed by atoms with van der Waals surface area (Å²) in [6.07, 6.45) is 0.761. The van der Waals surface area contributed by atoms with Crippen molar-refractivity contribution in [2.24, 2.45) is 0 Å². The predicted molar refractivity (Wildman–Crippen MR) is 123 cm³/mol. The van der Waals surface area contributed by atoms with Gasteiger partial charge in [0.1, 0.15) is 18.1 Å². The number of nitrogens with one attached hydrogen (secondary N) is 1. The Balaban J connectivity index is 1.95. The number of ether oxygens (including phenoxy) is 1. The summed E-state index contributed by atoms with van der Waals surface area (Å²) in [5, 5.41) is 11.4. The molecule has 1 aromatic heterocycles. The van der Waals surface area contributed by atoms with Gasteiger partial charge in [-0.2, -0.15) is 0 Å². The number of carbonyl (C=O) groups excluding carboxylic acids is 2. The molecule has 0 radical (unpaired) electrons. The van der Waals surface area contributed by atoms with Crippen LogP contribution < -0.4 is 5.32 Å². The van der Waals surface area contributed by atoms with Gasteiger partial charge in [0.2, 0.25) is 11.8 Å². The Morgan fingerprint density at radius 3 is 2.50 bits per heavy atom. The fraction of sp³-hybridized carbons (Fsp3) is 0.417. The summed E-state index contributed by atoms with van der Waals surface area (Å²) < 4.78 is 6.82. The Labute approximate surface area is 188 Å². The summed E-state index contributed by atoms with van der Waals surface area (Å²) in [4.78, 5) is 28.5. The molecule has 0 fully saturated rings. The van der Waals surface area contributed by atoms with E-state index in [-0.39, 0.29) is 24.9 Å². The van der Waals surface area contributed by atoms with Gasteiger partial charge in [-0.3, -0.25) is 9.59 Å². The van der Waals surface area contributed by atoms with Gasteiger partial charge in [0.05, 0.1) is 12.1 Å². The van der Waals surface area contributed by atoms with E-state index >= 15 is 0 Å². The topological polar surface area (TPSA) is 89.4 Å². The smallest absolute Gasteiger partial charge is 0.247 e. The highest BCUT2D eigenvalue weighted by atomic mass is 16.5. The van der Waals surface area contributed by atoms with Crippen molar-refractivity contribution in [2.45, 2.75) is 45.3 Å². The first-order chi connectivity index (χ1) is 15.4. The molecule has 2 amide bonds. The lowest BCUT2D eigenvalue weighted by atomic mass is 9.98. The van der Waals surface area contributed by atoms with E-state index in [1.165, 1.54) is 0 Å². The minimum atomic E-state index is -0.792. The summed E-state index contributed by atoms with van der Waals surface area (Å²) in [6.45, 7) is 6.49. The summed E-state index contributed by atoms with van der Waals surface area (Å²) in [5.74, 6) is -0.466. The van der Waals surface area contributed by atoms with Crippen molar-refractivity contribution in [3.05, 3.63) is 60.2 Å². The van der Waals surface area contributed by atoms with Gasteiger partial charge < -0.3 is 15.0 Å². The number of fused-ring (bicyclic) bond motifs is 1. The summed E-state index contributed by atoms with van der Waals surface area (Å²) >= 11 is 0. The molecule has 3 aromatic rings. The fourth-order valence-corrected chi connectivity index (χ4v) is 3.44. The molecule has 170 valence electrons. The molecule has 1 N–H and O–H groups in total. The van der Waals surface area contributed by atoms with Gasteiger partial charge in [0.25, 0.3) is 0 Å². The number of amides is 2. The van der Waals surface area contributed by atoms with Crippen molar-refractivity contribution in [3.8, 4) is 0 Å². The number of para-hydroxylation sites is 1. The fourth-order valence-electron chi connectivity index (χ4n) is 3.44. The molecule has 8 heteroatoms. The zero-order chi connectivity index (χ0) is 23.1. The van der Waals surface area contributed by atoms with Crippen LogP contribution in [0.25, 0.3) is 11.0 Å². The molecule has 2 aromatic carbocycles. The number of hydrogen-bond acceptors (Lipinski definition) is 5. The van der Waals surface area contributed by atoms with Crippen LogP contribution in [0.3, 0.4) is 0 Å². The molecule has 1 heterocycles. The molecule has 0 unspecified atom stereocenters. The van der Waals surface area contributed by atoms with Crippen molar-refractivity contribution < 1.29 is 14.3 Å². The second-order valence-corrected chi connectivity index (χ2v) is 8.36. The Bertz CT molecular complexity index is 1050. The van der Waals surface area contributed by atoms with Gasteiger partial charge in [-0.25, -0.2) is 4.68 Å². The van der Waals surface area contributed by atoms with Gasteiger partial charge in [-0.05, 0) is 38.0 Å². The van der Waals surface area contributed by atoms with Crippen molar-refractivity contribution in [1.82, 2.24) is 25.2 Å². The normalized spacial score (nSPS) is 12.5. The lowest BCUT2D eigenvalue weighted by Crippen LogP contribution is -2.51. The van der Waals surface area contributed by atoms with E-state index in [0.29, 0.717) is 12.1 Å². The maximum Gasteiger partial charge on any atom is 0.247 e. The molecule has 0 aliphatic heterocycles. The monoisotopic (exact) mass is 437 g/mol. The molecule has 0 aliphatic rings. The number of aromatic nitrogens is 3. The van der Waals surface area contributed by atoms with Gasteiger partial charge in [-0.1, -0.05) is 54.6 Å². The minimum absolute atomic E-state index is 0.0298. The average Bonchev–Trinajstić information content (AvgIpc) is 3.19. The van der Waals surface area contributed by atoms with E-state index in [9.17, 15) is 9.59 Å².